The molecule has 6 heteroatoms. The zero-order valence-electron chi connectivity index (χ0n) is 15.8. The molecule has 0 atom stereocenters. The van der Waals surface area contributed by atoms with Crippen molar-refractivity contribution in [1.29, 1.82) is 0 Å². The smallest absolute Gasteiger partial charge is 0.199 e. The van der Waals surface area contributed by atoms with Gasteiger partial charge in [-0.05, 0) is 38.2 Å². The third kappa shape index (κ3) is 3.68. The summed E-state index contributed by atoms with van der Waals surface area (Å²) < 4.78 is 10.7. The molecule has 0 saturated carbocycles. The van der Waals surface area contributed by atoms with E-state index in [-0.39, 0.29) is 0 Å². The van der Waals surface area contributed by atoms with E-state index in [1.807, 2.05) is 16.8 Å². The Hall–Kier alpha value is -2.44. The Morgan fingerprint density at radius 1 is 1.15 bits per heavy atom. The van der Waals surface area contributed by atoms with Gasteiger partial charge in [0.2, 0.25) is 0 Å². The van der Waals surface area contributed by atoms with Crippen LogP contribution in [-0.4, -0.2) is 32.4 Å². The molecule has 1 aromatic heterocycles. The minimum absolute atomic E-state index is 0.655. The molecule has 0 N–H and O–H groups in total. The molecule has 0 amide bonds. The molecule has 1 aliphatic heterocycles. The van der Waals surface area contributed by atoms with E-state index in [1.54, 1.807) is 0 Å². The molecule has 0 aliphatic carbocycles. The van der Waals surface area contributed by atoms with Gasteiger partial charge in [-0.25, -0.2) is 4.68 Å². The number of hydrogen-bond acceptors (Lipinski definition) is 4. The Labute approximate surface area is 164 Å². The summed E-state index contributed by atoms with van der Waals surface area (Å²) in [6.07, 6.45) is 0. The van der Waals surface area contributed by atoms with Gasteiger partial charge in [0, 0.05) is 30.8 Å². The second kappa shape index (κ2) is 7.66. The molecule has 0 spiro atoms. The predicted octanol–water partition coefficient (Wildman–Crippen LogP) is 4.26. The van der Waals surface area contributed by atoms with E-state index >= 15 is 0 Å². The molecule has 2 heterocycles. The van der Waals surface area contributed by atoms with Crippen molar-refractivity contribution in [2.24, 2.45) is 0 Å². The van der Waals surface area contributed by atoms with Gasteiger partial charge in [0.05, 0.1) is 6.67 Å². The molecule has 0 saturated heterocycles. The molecule has 3 aromatic rings. The van der Waals surface area contributed by atoms with Gasteiger partial charge >= 0.3 is 0 Å². The maximum Gasteiger partial charge on any atom is 0.199 e. The van der Waals surface area contributed by atoms with Crippen LogP contribution in [0.3, 0.4) is 0 Å². The van der Waals surface area contributed by atoms with Crippen LogP contribution >= 0.6 is 12.2 Å². The molecule has 2 aromatic carbocycles. The van der Waals surface area contributed by atoms with Crippen molar-refractivity contribution in [1.82, 2.24) is 19.2 Å². The highest BCUT2D eigenvalue weighted by atomic mass is 32.1. The quantitative estimate of drug-likeness (QED) is 0.634. The van der Waals surface area contributed by atoms with Crippen LogP contribution in [0.1, 0.15) is 18.1 Å². The number of benzene rings is 2. The maximum absolute atomic E-state index is 5.88. The van der Waals surface area contributed by atoms with Crippen molar-refractivity contribution in [3.8, 4) is 17.1 Å². The molecule has 27 heavy (non-hydrogen) atoms. The highest BCUT2D eigenvalue weighted by Gasteiger charge is 2.18. The SMILES string of the molecule is CCn1c(-c2cccc(C)c2)nn(CN2CCOc3ccccc3C2)c1=S. The lowest BCUT2D eigenvalue weighted by Gasteiger charge is -2.18. The van der Waals surface area contributed by atoms with Crippen molar-refractivity contribution in [3.63, 3.8) is 0 Å². The van der Waals surface area contributed by atoms with E-state index < -0.39 is 0 Å². The van der Waals surface area contributed by atoms with E-state index in [2.05, 4.69) is 59.7 Å². The Kier molecular flexibility index (Phi) is 5.09. The summed E-state index contributed by atoms with van der Waals surface area (Å²) in [4.78, 5) is 2.33. The second-order valence-corrected chi connectivity index (χ2v) is 7.23. The zero-order valence-corrected chi connectivity index (χ0v) is 16.6. The van der Waals surface area contributed by atoms with Gasteiger partial charge in [-0.15, -0.1) is 0 Å². The Balaban J connectivity index is 1.64. The first-order valence-electron chi connectivity index (χ1n) is 9.33. The van der Waals surface area contributed by atoms with E-state index in [0.29, 0.717) is 13.3 Å². The van der Waals surface area contributed by atoms with Crippen LogP contribution in [0.15, 0.2) is 48.5 Å². The number of ether oxygens (including phenoxy) is 1. The van der Waals surface area contributed by atoms with Crippen molar-refractivity contribution in [3.05, 3.63) is 64.4 Å². The molecule has 0 unspecified atom stereocenters. The number of aryl methyl sites for hydroxylation is 1. The summed E-state index contributed by atoms with van der Waals surface area (Å²) in [5.41, 5.74) is 3.53. The van der Waals surface area contributed by atoms with Crippen LogP contribution < -0.4 is 4.74 Å². The van der Waals surface area contributed by atoms with E-state index in [1.165, 1.54) is 11.1 Å². The first-order chi connectivity index (χ1) is 13.2. The monoisotopic (exact) mass is 380 g/mol. The first-order valence-corrected chi connectivity index (χ1v) is 9.74. The van der Waals surface area contributed by atoms with Gasteiger partial charge in [0.25, 0.3) is 0 Å². The highest BCUT2D eigenvalue weighted by Crippen LogP contribution is 2.24. The zero-order chi connectivity index (χ0) is 18.8. The summed E-state index contributed by atoms with van der Waals surface area (Å²) in [6.45, 7) is 8.00. The van der Waals surface area contributed by atoms with E-state index in [9.17, 15) is 0 Å². The minimum Gasteiger partial charge on any atom is -0.492 e. The van der Waals surface area contributed by atoms with Gasteiger partial charge in [-0.1, -0.05) is 42.0 Å². The number of rotatable bonds is 4. The van der Waals surface area contributed by atoms with Crippen molar-refractivity contribution < 1.29 is 4.74 Å². The van der Waals surface area contributed by atoms with E-state index in [4.69, 9.17) is 22.1 Å². The molecule has 0 fully saturated rings. The molecule has 5 nitrogen and oxygen atoms in total. The third-order valence-electron chi connectivity index (χ3n) is 4.88. The molecular weight excluding hydrogens is 356 g/mol. The fourth-order valence-corrected chi connectivity index (χ4v) is 3.82. The Morgan fingerprint density at radius 3 is 2.81 bits per heavy atom. The van der Waals surface area contributed by atoms with Crippen LogP contribution in [-0.2, 0) is 19.8 Å². The normalized spacial score (nSPS) is 14.4. The number of fused-ring (bicyclic) bond motifs is 1. The average molecular weight is 381 g/mol. The average Bonchev–Trinajstić information content (AvgIpc) is 2.85. The first kappa shape index (κ1) is 17.9. The lowest BCUT2D eigenvalue weighted by molar-refractivity contribution is 0.177. The van der Waals surface area contributed by atoms with Gasteiger partial charge in [-0.3, -0.25) is 4.90 Å². The summed E-state index contributed by atoms with van der Waals surface area (Å²) in [7, 11) is 0. The Bertz CT molecular complexity index is 1010. The number of nitrogens with zero attached hydrogens (tertiary/aromatic N) is 4. The summed E-state index contributed by atoms with van der Waals surface area (Å²) in [5, 5.41) is 4.87. The Morgan fingerprint density at radius 2 is 2.00 bits per heavy atom. The molecule has 0 radical (unpaired) electrons. The van der Waals surface area contributed by atoms with Crippen molar-refractivity contribution in [2.45, 2.75) is 33.6 Å². The number of para-hydroxylation sites is 1. The van der Waals surface area contributed by atoms with Gasteiger partial charge in [0.1, 0.15) is 12.4 Å². The lowest BCUT2D eigenvalue weighted by atomic mass is 10.1. The topological polar surface area (TPSA) is 35.2 Å². The van der Waals surface area contributed by atoms with Gasteiger partial charge in [-0.2, -0.15) is 5.10 Å². The number of hydrogen-bond donors (Lipinski definition) is 0. The van der Waals surface area contributed by atoms with Crippen molar-refractivity contribution in [2.75, 3.05) is 13.2 Å². The van der Waals surface area contributed by atoms with E-state index in [0.717, 1.165) is 41.5 Å². The molecular formula is C21H24N4OS. The molecule has 0 bridgehead atoms. The third-order valence-corrected chi connectivity index (χ3v) is 5.31. The van der Waals surface area contributed by atoms with Gasteiger partial charge in [0.15, 0.2) is 10.6 Å². The fourth-order valence-electron chi connectivity index (χ4n) is 3.51. The van der Waals surface area contributed by atoms with Crippen LogP contribution in [0.5, 0.6) is 5.75 Å². The molecule has 4 rings (SSSR count). The van der Waals surface area contributed by atoms with Crippen LogP contribution in [0.25, 0.3) is 11.4 Å². The maximum atomic E-state index is 5.88. The lowest BCUT2D eigenvalue weighted by Crippen LogP contribution is -2.29. The minimum atomic E-state index is 0.655. The summed E-state index contributed by atoms with van der Waals surface area (Å²) >= 11 is 5.73. The summed E-state index contributed by atoms with van der Waals surface area (Å²) in [5.74, 6) is 1.90. The van der Waals surface area contributed by atoms with Crippen LogP contribution in [0, 0.1) is 11.7 Å². The number of aromatic nitrogens is 3. The highest BCUT2D eigenvalue weighted by molar-refractivity contribution is 7.71. The molecule has 140 valence electrons. The van der Waals surface area contributed by atoms with Crippen LogP contribution in [0.2, 0.25) is 0 Å². The van der Waals surface area contributed by atoms with Crippen molar-refractivity contribution >= 4 is 12.2 Å². The molecule has 1 aliphatic rings. The van der Waals surface area contributed by atoms with Crippen LogP contribution in [0.4, 0.5) is 0 Å². The standard InChI is InChI=1S/C21H24N4OS/c1-3-24-20(17-9-6-7-16(2)13-17)22-25(21(24)27)15-23-11-12-26-19-10-5-4-8-18(19)14-23/h4-10,13H,3,11-12,14-15H2,1-2H3. The van der Waals surface area contributed by atoms with Gasteiger partial charge < -0.3 is 9.30 Å². The fraction of sp³-hybridized carbons (Fsp3) is 0.333. The summed E-state index contributed by atoms with van der Waals surface area (Å²) in [6, 6.07) is 16.6. The predicted molar refractivity (Wildman–Crippen MR) is 109 cm³/mol. The second-order valence-electron chi connectivity index (χ2n) is 6.87. The largest absolute Gasteiger partial charge is 0.492 e.